The summed E-state index contributed by atoms with van der Waals surface area (Å²) in [5.74, 6) is 0. The van der Waals surface area contributed by atoms with Crippen LogP contribution in [0.3, 0.4) is 0 Å². The molecule has 4 heteroatoms. The third kappa shape index (κ3) is 3.16. The molecule has 1 heterocycles. The van der Waals surface area contributed by atoms with Gasteiger partial charge in [0, 0.05) is 35.9 Å². The van der Waals surface area contributed by atoms with Crippen LogP contribution < -0.4 is 10.2 Å². The summed E-state index contributed by atoms with van der Waals surface area (Å²) in [5, 5.41) is 13.9. The first-order valence-electron chi connectivity index (χ1n) is 6.63. The molecule has 100 valence electrons. The van der Waals surface area contributed by atoms with E-state index in [0.717, 1.165) is 48.7 Å². The second kappa shape index (κ2) is 6.41. The van der Waals surface area contributed by atoms with Gasteiger partial charge in [0.1, 0.15) is 0 Å². The third-order valence-electron chi connectivity index (χ3n) is 3.38. The lowest BCUT2D eigenvalue weighted by molar-refractivity contribution is 0.154. The number of aliphatic hydroxyl groups is 1. The lowest BCUT2D eigenvalue weighted by Crippen LogP contribution is -2.39. The number of anilines is 1. The molecule has 0 aromatic heterocycles. The van der Waals surface area contributed by atoms with Gasteiger partial charge in [0.2, 0.25) is 0 Å². The van der Waals surface area contributed by atoms with E-state index in [0.29, 0.717) is 6.54 Å². The molecule has 1 aromatic carbocycles. The number of piperidine rings is 1. The van der Waals surface area contributed by atoms with Gasteiger partial charge < -0.3 is 15.3 Å². The van der Waals surface area contributed by atoms with Crippen molar-refractivity contribution in [2.45, 2.75) is 32.4 Å². The summed E-state index contributed by atoms with van der Waals surface area (Å²) >= 11 is 6.29. The number of hydrogen-bond donors (Lipinski definition) is 2. The SMILES string of the molecule is CCNCc1c(Cl)cccc1N1CCCC(O)C1. The van der Waals surface area contributed by atoms with Gasteiger partial charge in [0.05, 0.1) is 6.10 Å². The summed E-state index contributed by atoms with van der Waals surface area (Å²) in [4.78, 5) is 2.24. The fourth-order valence-electron chi connectivity index (χ4n) is 2.44. The molecular formula is C14H21ClN2O. The minimum absolute atomic E-state index is 0.218. The fraction of sp³-hybridized carbons (Fsp3) is 0.571. The number of aliphatic hydroxyl groups excluding tert-OH is 1. The van der Waals surface area contributed by atoms with E-state index in [2.05, 4.69) is 23.2 Å². The minimum atomic E-state index is -0.218. The van der Waals surface area contributed by atoms with E-state index in [-0.39, 0.29) is 6.10 Å². The summed E-state index contributed by atoms with van der Waals surface area (Å²) in [7, 11) is 0. The highest BCUT2D eigenvalue weighted by Crippen LogP contribution is 2.29. The quantitative estimate of drug-likeness (QED) is 0.880. The van der Waals surface area contributed by atoms with Gasteiger partial charge in [-0.05, 0) is 31.5 Å². The van der Waals surface area contributed by atoms with Crippen LogP contribution in [0.25, 0.3) is 0 Å². The van der Waals surface area contributed by atoms with Gasteiger partial charge in [-0.2, -0.15) is 0 Å². The zero-order valence-corrected chi connectivity index (χ0v) is 11.6. The van der Waals surface area contributed by atoms with Crippen molar-refractivity contribution in [3.05, 3.63) is 28.8 Å². The van der Waals surface area contributed by atoms with Crippen molar-refractivity contribution in [2.24, 2.45) is 0 Å². The normalized spacial score (nSPS) is 20.2. The Labute approximate surface area is 114 Å². The molecule has 3 nitrogen and oxygen atoms in total. The maximum Gasteiger partial charge on any atom is 0.0715 e. The van der Waals surface area contributed by atoms with E-state index < -0.39 is 0 Å². The second-order valence-corrected chi connectivity index (χ2v) is 5.17. The lowest BCUT2D eigenvalue weighted by Gasteiger charge is -2.33. The number of nitrogens with zero attached hydrogens (tertiary/aromatic N) is 1. The van der Waals surface area contributed by atoms with Crippen LogP contribution in [0, 0.1) is 0 Å². The van der Waals surface area contributed by atoms with E-state index in [1.165, 1.54) is 0 Å². The average molecular weight is 269 g/mol. The largest absolute Gasteiger partial charge is 0.391 e. The number of halogens is 1. The molecule has 0 saturated carbocycles. The Balaban J connectivity index is 2.22. The predicted octanol–water partition coefficient (Wildman–Crippen LogP) is 2.41. The first-order valence-corrected chi connectivity index (χ1v) is 7.01. The number of rotatable bonds is 4. The standard InChI is InChI=1S/C14H21ClN2O/c1-2-16-9-12-13(15)6-3-7-14(12)17-8-4-5-11(18)10-17/h3,6-7,11,16,18H,2,4-5,8-10H2,1H3. The summed E-state index contributed by atoms with van der Waals surface area (Å²) in [6.07, 6.45) is 1.72. The zero-order chi connectivity index (χ0) is 13.0. The molecule has 1 unspecified atom stereocenters. The van der Waals surface area contributed by atoms with Crippen molar-refractivity contribution in [1.29, 1.82) is 0 Å². The third-order valence-corrected chi connectivity index (χ3v) is 3.74. The molecule has 0 amide bonds. The van der Waals surface area contributed by atoms with Crippen molar-refractivity contribution in [3.8, 4) is 0 Å². The molecule has 1 aliphatic rings. The van der Waals surface area contributed by atoms with Crippen molar-refractivity contribution >= 4 is 17.3 Å². The summed E-state index contributed by atoms with van der Waals surface area (Å²) in [5.41, 5.74) is 2.29. The van der Waals surface area contributed by atoms with Crippen molar-refractivity contribution in [3.63, 3.8) is 0 Å². The van der Waals surface area contributed by atoms with E-state index in [4.69, 9.17) is 11.6 Å². The van der Waals surface area contributed by atoms with E-state index in [9.17, 15) is 5.11 Å². The van der Waals surface area contributed by atoms with Crippen LogP contribution in [0.15, 0.2) is 18.2 Å². The Bertz CT molecular complexity index is 397. The maximum atomic E-state index is 9.79. The van der Waals surface area contributed by atoms with Gasteiger partial charge in [-0.3, -0.25) is 0 Å². The first-order chi connectivity index (χ1) is 8.72. The molecule has 1 atom stereocenters. The summed E-state index contributed by atoms with van der Waals surface area (Å²) < 4.78 is 0. The molecule has 1 aromatic rings. The van der Waals surface area contributed by atoms with Crippen molar-refractivity contribution in [2.75, 3.05) is 24.5 Å². The highest BCUT2D eigenvalue weighted by atomic mass is 35.5. The van der Waals surface area contributed by atoms with Crippen LogP contribution in [-0.2, 0) is 6.54 Å². The topological polar surface area (TPSA) is 35.5 Å². The van der Waals surface area contributed by atoms with Gasteiger partial charge in [0.15, 0.2) is 0 Å². The molecule has 2 rings (SSSR count). The van der Waals surface area contributed by atoms with Gasteiger partial charge in [-0.25, -0.2) is 0 Å². The molecular weight excluding hydrogens is 248 g/mol. The molecule has 2 N–H and O–H groups in total. The van der Waals surface area contributed by atoms with Gasteiger partial charge in [-0.1, -0.05) is 24.6 Å². The lowest BCUT2D eigenvalue weighted by atomic mass is 10.1. The number of hydrogen-bond acceptors (Lipinski definition) is 3. The minimum Gasteiger partial charge on any atom is -0.391 e. The summed E-state index contributed by atoms with van der Waals surface area (Å²) in [6, 6.07) is 6.00. The van der Waals surface area contributed by atoms with E-state index >= 15 is 0 Å². The van der Waals surface area contributed by atoms with E-state index in [1.807, 2.05) is 12.1 Å². The number of β-amino-alcohol motifs (C(OH)–C–C–N with tert-alkyl or cyclic N) is 1. The Morgan fingerprint density at radius 2 is 2.33 bits per heavy atom. The number of nitrogens with one attached hydrogen (secondary N) is 1. The van der Waals surface area contributed by atoms with Gasteiger partial charge in [0.25, 0.3) is 0 Å². The van der Waals surface area contributed by atoms with Crippen molar-refractivity contribution < 1.29 is 5.11 Å². The smallest absolute Gasteiger partial charge is 0.0715 e. The Kier molecular flexibility index (Phi) is 4.87. The molecule has 1 saturated heterocycles. The van der Waals surface area contributed by atoms with Crippen LogP contribution >= 0.6 is 11.6 Å². The van der Waals surface area contributed by atoms with Gasteiger partial charge in [-0.15, -0.1) is 0 Å². The Hall–Kier alpha value is -0.770. The highest BCUT2D eigenvalue weighted by Gasteiger charge is 2.20. The molecule has 0 radical (unpaired) electrons. The van der Waals surface area contributed by atoms with Crippen LogP contribution in [0.2, 0.25) is 5.02 Å². The van der Waals surface area contributed by atoms with Crippen LogP contribution in [0.1, 0.15) is 25.3 Å². The highest BCUT2D eigenvalue weighted by molar-refractivity contribution is 6.31. The van der Waals surface area contributed by atoms with E-state index in [1.54, 1.807) is 0 Å². The van der Waals surface area contributed by atoms with Crippen LogP contribution in [-0.4, -0.2) is 30.8 Å². The first kappa shape index (κ1) is 13.7. The second-order valence-electron chi connectivity index (χ2n) is 4.76. The van der Waals surface area contributed by atoms with Crippen molar-refractivity contribution in [1.82, 2.24) is 5.32 Å². The molecule has 0 bridgehead atoms. The average Bonchev–Trinajstić information content (AvgIpc) is 2.37. The Morgan fingerprint density at radius 3 is 3.06 bits per heavy atom. The fourth-order valence-corrected chi connectivity index (χ4v) is 2.68. The molecule has 0 aliphatic carbocycles. The summed E-state index contributed by atoms with van der Waals surface area (Å²) in [6.45, 7) is 5.49. The van der Waals surface area contributed by atoms with Gasteiger partial charge >= 0.3 is 0 Å². The zero-order valence-electron chi connectivity index (χ0n) is 10.8. The Morgan fingerprint density at radius 1 is 1.50 bits per heavy atom. The molecule has 1 fully saturated rings. The molecule has 18 heavy (non-hydrogen) atoms. The molecule has 1 aliphatic heterocycles. The maximum absolute atomic E-state index is 9.79. The van der Waals surface area contributed by atoms with Crippen LogP contribution in [0.4, 0.5) is 5.69 Å². The monoisotopic (exact) mass is 268 g/mol. The van der Waals surface area contributed by atoms with Crippen LogP contribution in [0.5, 0.6) is 0 Å². The molecule has 0 spiro atoms. The predicted molar refractivity (Wildman–Crippen MR) is 76.3 cm³/mol. The number of benzene rings is 1.